The number of aliphatic hydroxyl groups is 1. The van der Waals surface area contributed by atoms with Gasteiger partial charge in [0.2, 0.25) is 0 Å². The lowest BCUT2D eigenvalue weighted by Gasteiger charge is -2.30. The first-order valence-corrected chi connectivity index (χ1v) is 7.63. The van der Waals surface area contributed by atoms with Gasteiger partial charge in [-0.05, 0) is 66.0 Å². The second-order valence-corrected chi connectivity index (χ2v) is 6.03. The molecule has 0 amide bonds. The molecule has 4 nitrogen and oxygen atoms in total. The second kappa shape index (κ2) is 7.20. The van der Waals surface area contributed by atoms with Gasteiger partial charge in [-0.25, -0.2) is 0 Å². The van der Waals surface area contributed by atoms with E-state index in [1.54, 1.807) is 19.2 Å². The lowest BCUT2D eigenvalue weighted by atomic mass is 9.97. The van der Waals surface area contributed by atoms with Gasteiger partial charge < -0.3 is 9.84 Å². The van der Waals surface area contributed by atoms with Gasteiger partial charge in [0.15, 0.2) is 5.78 Å². The number of benzene rings is 1. The van der Waals surface area contributed by atoms with E-state index in [1.165, 1.54) is 0 Å². The molecular weight excluding hydrogens is 322 g/mol. The highest BCUT2D eigenvalue weighted by molar-refractivity contribution is 9.10. The molecule has 0 aliphatic carbocycles. The van der Waals surface area contributed by atoms with Crippen molar-refractivity contribution in [1.82, 2.24) is 4.90 Å². The fourth-order valence-electron chi connectivity index (χ4n) is 2.46. The molecule has 1 N–H and O–H groups in total. The summed E-state index contributed by atoms with van der Waals surface area (Å²) in [7, 11) is 1.60. The van der Waals surface area contributed by atoms with E-state index in [1.807, 2.05) is 6.07 Å². The molecule has 1 aromatic rings. The number of likely N-dealkylation sites (tertiary alicyclic amines) is 1. The molecule has 20 heavy (non-hydrogen) atoms. The fraction of sp³-hybridized carbons (Fsp3) is 0.533. The van der Waals surface area contributed by atoms with Crippen LogP contribution in [0.4, 0.5) is 0 Å². The first-order valence-electron chi connectivity index (χ1n) is 6.84. The highest BCUT2D eigenvalue weighted by Gasteiger charge is 2.21. The quantitative estimate of drug-likeness (QED) is 0.835. The number of nitrogens with zero attached hydrogens (tertiary/aromatic N) is 1. The molecule has 1 aliphatic rings. The number of hydrogen-bond donors (Lipinski definition) is 1. The van der Waals surface area contributed by atoms with Gasteiger partial charge in [-0.15, -0.1) is 0 Å². The van der Waals surface area contributed by atoms with Crippen molar-refractivity contribution in [3.8, 4) is 5.75 Å². The van der Waals surface area contributed by atoms with Gasteiger partial charge in [-0.1, -0.05) is 0 Å². The third-order valence-electron chi connectivity index (χ3n) is 3.81. The molecule has 0 atom stereocenters. The van der Waals surface area contributed by atoms with E-state index < -0.39 is 0 Å². The summed E-state index contributed by atoms with van der Waals surface area (Å²) in [4.78, 5) is 14.4. The van der Waals surface area contributed by atoms with Crippen LogP contribution in [0.5, 0.6) is 5.75 Å². The second-order valence-electron chi connectivity index (χ2n) is 5.17. The molecule has 0 spiro atoms. The van der Waals surface area contributed by atoms with Crippen LogP contribution in [0, 0.1) is 5.92 Å². The number of halogens is 1. The molecule has 0 bridgehead atoms. The largest absolute Gasteiger partial charge is 0.496 e. The number of rotatable bonds is 5. The van der Waals surface area contributed by atoms with Crippen LogP contribution < -0.4 is 4.74 Å². The first-order chi connectivity index (χ1) is 9.63. The summed E-state index contributed by atoms with van der Waals surface area (Å²) >= 11 is 3.40. The minimum absolute atomic E-state index is 0.121. The number of ether oxygens (including phenoxy) is 1. The average Bonchev–Trinajstić information content (AvgIpc) is 2.48. The molecule has 5 heteroatoms. The van der Waals surface area contributed by atoms with Crippen molar-refractivity contribution in [2.75, 3.05) is 33.4 Å². The van der Waals surface area contributed by atoms with Gasteiger partial charge in [0, 0.05) is 12.2 Å². The van der Waals surface area contributed by atoms with Gasteiger partial charge in [0.1, 0.15) is 5.75 Å². The Balaban J connectivity index is 1.93. The maximum atomic E-state index is 12.3. The maximum absolute atomic E-state index is 12.3. The zero-order chi connectivity index (χ0) is 14.5. The molecule has 1 aliphatic heterocycles. The van der Waals surface area contributed by atoms with Gasteiger partial charge >= 0.3 is 0 Å². The highest BCUT2D eigenvalue weighted by atomic mass is 79.9. The molecule has 2 rings (SSSR count). The van der Waals surface area contributed by atoms with Crippen molar-refractivity contribution in [1.29, 1.82) is 0 Å². The summed E-state index contributed by atoms with van der Waals surface area (Å²) in [6.45, 7) is 2.46. The minimum Gasteiger partial charge on any atom is -0.496 e. The molecule has 110 valence electrons. The molecule has 0 saturated carbocycles. The smallest absolute Gasteiger partial charge is 0.176 e. The van der Waals surface area contributed by atoms with Crippen molar-refractivity contribution in [2.45, 2.75) is 12.8 Å². The van der Waals surface area contributed by atoms with Crippen LogP contribution in [-0.2, 0) is 0 Å². The fourth-order valence-corrected chi connectivity index (χ4v) is 3.00. The van der Waals surface area contributed by atoms with E-state index in [0.717, 1.165) is 36.2 Å². The standard InChI is InChI=1S/C15H20BrNO3/c1-20-15-3-2-12(8-13(15)16)14(19)9-17-6-4-11(10-18)5-7-17/h2-3,8,11,18H,4-7,9-10H2,1H3. The van der Waals surface area contributed by atoms with Crippen LogP contribution in [0.1, 0.15) is 23.2 Å². The molecular formula is C15H20BrNO3. The van der Waals surface area contributed by atoms with Crippen molar-refractivity contribution in [3.05, 3.63) is 28.2 Å². The van der Waals surface area contributed by atoms with Gasteiger partial charge in [0.25, 0.3) is 0 Å². The monoisotopic (exact) mass is 341 g/mol. The Kier molecular flexibility index (Phi) is 5.57. The zero-order valence-corrected chi connectivity index (χ0v) is 13.2. The van der Waals surface area contributed by atoms with Crippen LogP contribution >= 0.6 is 15.9 Å². The summed E-state index contributed by atoms with van der Waals surface area (Å²) in [5, 5.41) is 9.11. The van der Waals surface area contributed by atoms with E-state index in [0.29, 0.717) is 18.0 Å². The third-order valence-corrected chi connectivity index (χ3v) is 4.43. The minimum atomic E-state index is 0.121. The van der Waals surface area contributed by atoms with E-state index in [2.05, 4.69) is 20.8 Å². The number of Topliss-reactive ketones (excluding diaryl/α,β-unsaturated/α-hetero) is 1. The van der Waals surface area contributed by atoms with Crippen LogP contribution in [0.15, 0.2) is 22.7 Å². The lowest BCUT2D eigenvalue weighted by Crippen LogP contribution is -2.38. The molecule has 1 heterocycles. The Bertz CT molecular complexity index is 470. The summed E-state index contributed by atoms with van der Waals surface area (Å²) in [6, 6.07) is 5.41. The van der Waals surface area contributed by atoms with Gasteiger partial charge in [-0.2, -0.15) is 0 Å². The molecule has 1 aromatic carbocycles. The Hall–Kier alpha value is -0.910. The van der Waals surface area contributed by atoms with Crippen LogP contribution in [0.3, 0.4) is 0 Å². The van der Waals surface area contributed by atoms with E-state index in [9.17, 15) is 4.79 Å². The van der Waals surface area contributed by atoms with Crippen molar-refractivity contribution in [3.63, 3.8) is 0 Å². The predicted octanol–water partition coefficient (Wildman–Crippen LogP) is 2.34. The van der Waals surface area contributed by atoms with Crippen molar-refractivity contribution >= 4 is 21.7 Å². The first kappa shape index (κ1) is 15.5. The number of carbonyl (C=O) groups is 1. The highest BCUT2D eigenvalue weighted by Crippen LogP contribution is 2.26. The number of ketones is 1. The molecule has 0 aromatic heterocycles. The SMILES string of the molecule is COc1ccc(C(=O)CN2CCC(CO)CC2)cc1Br. The normalized spacial score (nSPS) is 17.1. The van der Waals surface area contributed by atoms with Crippen molar-refractivity contribution in [2.24, 2.45) is 5.92 Å². The Morgan fingerprint density at radius 1 is 1.45 bits per heavy atom. The number of aliphatic hydroxyl groups excluding tert-OH is 1. The van der Waals surface area contributed by atoms with Crippen LogP contribution in [0.2, 0.25) is 0 Å². The molecule has 1 saturated heterocycles. The average molecular weight is 342 g/mol. The Labute approximate surface area is 127 Å². The maximum Gasteiger partial charge on any atom is 0.176 e. The Morgan fingerprint density at radius 3 is 2.70 bits per heavy atom. The summed E-state index contributed by atoms with van der Waals surface area (Å²) in [5.74, 6) is 1.25. The predicted molar refractivity (Wildman–Crippen MR) is 81.3 cm³/mol. The summed E-state index contributed by atoms with van der Waals surface area (Å²) in [5.41, 5.74) is 0.696. The lowest BCUT2D eigenvalue weighted by molar-refractivity contribution is 0.0864. The van der Waals surface area contributed by atoms with Crippen LogP contribution in [0.25, 0.3) is 0 Å². The number of methoxy groups -OCH3 is 1. The summed E-state index contributed by atoms with van der Waals surface area (Å²) in [6.07, 6.45) is 1.94. The number of piperidine rings is 1. The molecule has 0 unspecified atom stereocenters. The molecule has 0 radical (unpaired) electrons. The number of hydrogen-bond acceptors (Lipinski definition) is 4. The summed E-state index contributed by atoms with van der Waals surface area (Å²) < 4.78 is 5.96. The van der Waals surface area contributed by atoms with E-state index >= 15 is 0 Å². The topological polar surface area (TPSA) is 49.8 Å². The van der Waals surface area contributed by atoms with Gasteiger partial charge in [-0.3, -0.25) is 9.69 Å². The Morgan fingerprint density at radius 2 is 2.15 bits per heavy atom. The third kappa shape index (κ3) is 3.81. The zero-order valence-electron chi connectivity index (χ0n) is 11.6. The number of carbonyl (C=O) groups excluding carboxylic acids is 1. The van der Waals surface area contributed by atoms with Crippen molar-refractivity contribution < 1.29 is 14.6 Å². The van der Waals surface area contributed by atoms with Crippen LogP contribution in [-0.4, -0.2) is 49.1 Å². The van der Waals surface area contributed by atoms with E-state index in [4.69, 9.17) is 9.84 Å². The van der Waals surface area contributed by atoms with Gasteiger partial charge in [0.05, 0.1) is 18.1 Å². The molecule has 1 fully saturated rings. The van der Waals surface area contributed by atoms with E-state index in [-0.39, 0.29) is 12.4 Å².